The first kappa shape index (κ1) is 30.7. The minimum Gasteiger partial charge on any atom is -0.497 e. The monoisotopic (exact) mass is 565 g/mol. The number of carbonyl (C=O) groups excluding carboxylic acids is 2. The van der Waals surface area contributed by atoms with Crippen LogP contribution < -0.4 is 14.4 Å². The van der Waals surface area contributed by atoms with Crippen LogP contribution in [-0.2, 0) is 26.2 Å². The molecule has 2 amide bonds. The van der Waals surface area contributed by atoms with Crippen molar-refractivity contribution in [2.24, 2.45) is 5.92 Å². The summed E-state index contributed by atoms with van der Waals surface area (Å²) < 4.78 is 34.4. The van der Waals surface area contributed by atoms with E-state index >= 15 is 0 Å². The molecule has 9 heteroatoms. The summed E-state index contributed by atoms with van der Waals surface area (Å²) in [6.07, 6.45) is 0. The minimum atomic E-state index is -4.11. The number of benzene rings is 3. The van der Waals surface area contributed by atoms with Gasteiger partial charge in [0, 0.05) is 13.1 Å². The van der Waals surface area contributed by atoms with Gasteiger partial charge >= 0.3 is 0 Å². The number of hydrogen-bond acceptors (Lipinski definition) is 5. The fourth-order valence-electron chi connectivity index (χ4n) is 4.24. The van der Waals surface area contributed by atoms with Gasteiger partial charge in [0.1, 0.15) is 18.3 Å². The highest BCUT2D eigenvalue weighted by atomic mass is 32.2. The molecular weight excluding hydrogens is 526 g/mol. The summed E-state index contributed by atoms with van der Waals surface area (Å²) in [7, 11) is -2.55. The van der Waals surface area contributed by atoms with E-state index in [0.29, 0.717) is 18.0 Å². The third kappa shape index (κ3) is 7.41. The average Bonchev–Trinajstić information content (AvgIpc) is 2.95. The topological polar surface area (TPSA) is 96.0 Å². The number of carbonyl (C=O) groups is 2. The highest BCUT2D eigenvalue weighted by Gasteiger charge is 2.33. The first-order valence-electron chi connectivity index (χ1n) is 13.3. The van der Waals surface area contributed by atoms with Gasteiger partial charge in [-0.15, -0.1) is 0 Å². The van der Waals surface area contributed by atoms with E-state index in [-0.39, 0.29) is 23.3 Å². The van der Waals surface area contributed by atoms with Crippen molar-refractivity contribution in [3.05, 3.63) is 89.5 Å². The molecule has 1 atom stereocenters. The van der Waals surface area contributed by atoms with E-state index in [1.807, 2.05) is 45.9 Å². The standard InChI is InChI=1S/C31H39N3O5S/c1-22(2)19-32-31(36)25(5)33(20-26-13-11-14-27(18-26)39-6)30(35)21-34(29-17-10-12-23(3)24(29)4)40(37,38)28-15-8-7-9-16-28/h7-18,22,25H,19-21H2,1-6H3,(H,32,36)/t25-/m1/s1. The summed E-state index contributed by atoms with van der Waals surface area (Å²) in [5, 5.41) is 2.89. The molecular formula is C31H39N3O5S. The van der Waals surface area contributed by atoms with E-state index in [4.69, 9.17) is 4.74 Å². The van der Waals surface area contributed by atoms with Crippen LogP contribution in [0.5, 0.6) is 5.75 Å². The zero-order chi connectivity index (χ0) is 29.4. The molecule has 0 aliphatic rings. The highest BCUT2D eigenvalue weighted by Crippen LogP contribution is 2.29. The molecule has 0 spiro atoms. The Bertz CT molecular complexity index is 1420. The summed E-state index contributed by atoms with van der Waals surface area (Å²) in [5.41, 5.74) is 2.81. The van der Waals surface area contributed by atoms with Gasteiger partial charge in [-0.25, -0.2) is 8.42 Å². The van der Waals surface area contributed by atoms with Crippen molar-refractivity contribution in [2.45, 2.75) is 52.1 Å². The summed E-state index contributed by atoms with van der Waals surface area (Å²) in [4.78, 5) is 28.7. The van der Waals surface area contributed by atoms with Gasteiger partial charge in [0.15, 0.2) is 0 Å². The summed E-state index contributed by atoms with van der Waals surface area (Å²) >= 11 is 0. The Balaban J connectivity index is 2.05. The van der Waals surface area contributed by atoms with Crippen molar-refractivity contribution in [3.8, 4) is 5.75 Å². The normalized spacial score (nSPS) is 12.1. The van der Waals surface area contributed by atoms with Crippen LogP contribution in [-0.4, -0.2) is 51.4 Å². The van der Waals surface area contributed by atoms with Crippen LogP contribution in [0.2, 0.25) is 0 Å². The molecule has 0 saturated heterocycles. The fourth-order valence-corrected chi connectivity index (χ4v) is 5.73. The van der Waals surface area contributed by atoms with Crippen molar-refractivity contribution < 1.29 is 22.7 Å². The predicted octanol–water partition coefficient (Wildman–Crippen LogP) is 4.70. The van der Waals surface area contributed by atoms with E-state index in [2.05, 4.69) is 5.32 Å². The van der Waals surface area contributed by atoms with E-state index in [0.717, 1.165) is 21.0 Å². The maximum Gasteiger partial charge on any atom is 0.264 e. The van der Waals surface area contributed by atoms with Gasteiger partial charge in [-0.05, 0) is 73.7 Å². The van der Waals surface area contributed by atoms with Crippen LogP contribution in [0.4, 0.5) is 5.69 Å². The lowest BCUT2D eigenvalue weighted by Crippen LogP contribution is -2.51. The first-order chi connectivity index (χ1) is 18.9. The molecule has 1 N–H and O–H groups in total. The van der Waals surface area contributed by atoms with Crippen molar-refractivity contribution >= 4 is 27.5 Å². The van der Waals surface area contributed by atoms with Crippen molar-refractivity contribution in [1.29, 1.82) is 0 Å². The second-order valence-electron chi connectivity index (χ2n) is 10.2. The highest BCUT2D eigenvalue weighted by molar-refractivity contribution is 7.92. The summed E-state index contributed by atoms with van der Waals surface area (Å²) in [5.74, 6) is 0.0320. The summed E-state index contributed by atoms with van der Waals surface area (Å²) in [6, 6.07) is 19.8. The number of aryl methyl sites for hydroxylation is 1. The Hall–Kier alpha value is -3.85. The fraction of sp³-hybridized carbons (Fsp3) is 0.355. The molecule has 0 heterocycles. The molecule has 0 aliphatic carbocycles. The van der Waals surface area contributed by atoms with Crippen molar-refractivity contribution in [3.63, 3.8) is 0 Å². The Kier molecular flexibility index (Phi) is 10.3. The number of sulfonamides is 1. The third-order valence-electron chi connectivity index (χ3n) is 6.79. The van der Waals surface area contributed by atoms with Gasteiger partial charge in [0.25, 0.3) is 10.0 Å². The molecule has 8 nitrogen and oxygen atoms in total. The van der Waals surface area contributed by atoms with Gasteiger partial charge in [0.2, 0.25) is 11.8 Å². The molecule has 0 aromatic heterocycles. The number of methoxy groups -OCH3 is 1. The maximum absolute atomic E-state index is 14.1. The van der Waals surface area contributed by atoms with E-state index in [1.165, 1.54) is 17.0 Å². The zero-order valence-corrected chi connectivity index (χ0v) is 24.9. The Morgan fingerprint density at radius 3 is 2.25 bits per heavy atom. The van der Waals surface area contributed by atoms with Crippen LogP contribution >= 0.6 is 0 Å². The van der Waals surface area contributed by atoms with Crippen LogP contribution in [0.1, 0.15) is 37.5 Å². The molecule has 0 unspecified atom stereocenters. The Labute approximate surface area is 238 Å². The number of hydrogen-bond donors (Lipinski definition) is 1. The van der Waals surface area contributed by atoms with E-state index < -0.39 is 28.5 Å². The number of nitrogens with one attached hydrogen (secondary N) is 1. The van der Waals surface area contributed by atoms with Crippen LogP contribution in [0.3, 0.4) is 0 Å². The number of ether oxygens (including phenoxy) is 1. The molecule has 3 rings (SSSR count). The molecule has 40 heavy (non-hydrogen) atoms. The van der Waals surface area contributed by atoms with E-state index in [1.54, 1.807) is 56.5 Å². The molecule has 0 fully saturated rings. The number of rotatable bonds is 12. The third-order valence-corrected chi connectivity index (χ3v) is 8.57. The molecule has 0 aliphatic heterocycles. The lowest BCUT2D eigenvalue weighted by molar-refractivity contribution is -0.139. The maximum atomic E-state index is 14.1. The van der Waals surface area contributed by atoms with E-state index in [9.17, 15) is 18.0 Å². The molecule has 214 valence electrons. The number of nitrogens with zero attached hydrogens (tertiary/aromatic N) is 2. The quantitative estimate of drug-likeness (QED) is 0.344. The number of anilines is 1. The first-order valence-corrected chi connectivity index (χ1v) is 14.7. The molecule has 0 bridgehead atoms. The zero-order valence-electron chi connectivity index (χ0n) is 24.0. The Morgan fingerprint density at radius 2 is 1.60 bits per heavy atom. The average molecular weight is 566 g/mol. The minimum absolute atomic E-state index is 0.0748. The molecule has 3 aromatic rings. The van der Waals surface area contributed by atoms with Crippen LogP contribution in [0, 0.1) is 19.8 Å². The van der Waals surface area contributed by atoms with Crippen LogP contribution in [0.25, 0.3) is 0 Å². The second kappa shape index (κ2) is 13.5. The van der Waals surface area contributed by atoms with Gasteiger partial charge in [0.05, 0.1) is 17.7 Å². The van der Waals surface area contributed by atoms with Gasteiger partial charge in [-0.3, -0.25) is 13.9 Å². The molecule has 3 aromatic carbocycles. The lowest BCUT2D eigenvalue weighted by atomic mass is 10.1. The van der Waals surface area contributed by atoms with Crippen LogP contribution in [0.15, 0.2) is 77.7 Å². The molecule has 0 radical (unpaired) electrons. The second-order valence-corrected chi connectivity index (χ2v) is 12.1. The van der Waals surface area contributed by atoms with Crippen molar-refractivity contribution in [2.75, 3.05) is 24.5 Å². The Morgan fingerprint density at radius 1 is 0.925 bits per heavy atom. The predicted molar refractivity (Wildman–Crippen MR) is 158 cm³/mol. The van der Waals surface area contributed by atoms with Gasteiger partial charge < -0.3 is 15.0 Å². The molecule has 0 saturated carbocycles. The lowest BCUT2D eigenvalue weighted by Gasteiger charge is -2.32. The van der Waals surface area contributed by atoms with Crippen molar-refractivity contribution in [1.82, 2.24) is 10.2 Å². The SMILES string of the molecule is COc1cccc(CN(C(=O)CN(c2cccc(C)c2C)S(=O)(=O)c2ccccc2)[C@H](C)C(=O)NCC(C)C)c1. The number of amides is 2. The van der Waals surface area contributed by atoms with Gasteiger partial charge in [-0.1, -0.05) is 56.3 Å². The van der Waals surface area contributed by atoms with Gasteiger partial charge in [-0.2, -0.15) is 0 Å². The largest absolute Gasteiger partial charge is 0.497 e. The summed E-state index contributed by atoms with van der Waals surface area (Å²) in [6.45, 7) is 9.43. The smallest absolute Gasteiger partial charge is 0.264 e.